The second-order valence-electron chi connectivity index (χ2n) is 4.36. The average Bonchev–Trinajstić information content (AvgIpc) is 2.67. The molecular formula is C14H14N2O. The third-order valence-corrected chi connectivity index (χ3v) is 3.18. The number of hydrogen-bond donors (Lipinski definition) is 1. The van der Waals surface area contributed by atoms with Crippen molar-refractivity contribution >= 4 is 21.8 Å². The fourth-order valence-corrected chi connectivity index (χ4v) is 2.32. The van der Waals surface area contributed by atoms with E-state index in [1.807, 2.05) is 23.7 Å². The number of fused-ring (bicyclic) bond motifs is 3. The van der Waals surface area contributed by atoms with Gasteiger partial charge < -0.3 is 9.67 Å². The zero-order chi connectivity index (χ0) is 12.0. The lowest BCUT2D eigenvalue weighted by molar-refractivity contribution is 0.186. The third kappa shape index (κ3) is 1.43. The smallest absolute Gasteiger partial charge is 0.138 e. The lowest BCUT2D eigenvalue weighted by Gasteiger charge is -2.03. The molecule has 86 valence electrons. The fourth-order valence-electron chi connectivity index (χ4n) is 2.32. The Hall–Kier alpha value is -1.87. The first-order valence-corrected chi connectivity index (χ1v) is 5.70. The Morgan fingerprint density at radius 3 is 2.71 bits per heavy atom. The maximum atomic E-state index is 9.69. The van der Waals surface area contributed by atoms with Gasteiger partial charge in [-0.05, 0) is 18.4 Å². The number of aryl methyl sites for hydroxylation is 1. The summed E-state index contributed by atoms with van der Waals surface area (Å²) in [4.78, 5) is 4.55. The molecule has 0 fully saturated rings. The summed E-state index contributed by atoms with van der Waals surface area (Å²) < 4.78 is 1.95. The van der Waals surface area contributed by atoms with Gasteiger partial charge in [0.1, 0.15) is 11.9 Å². The molecule has 1 atom stereocenters. The van der Waals surface area contributed by atoms with E-state index in [9.17, 15) is 5.11 Å². The number of aromatic nitrogens is 2. The minimum Gasteiger partial charge on any atom is -0.385 e. The van der Waals surface area contributed by atoms with Crippen LogP contribution in [-0.4, -0.2) is 14.7 Å². The molecule has 0 aliphatic rings. The van der Waals surface area contributed by atoms with Crippen LogP contribution in [0.15, 0.2) is 36.4 Å². The summed E-state index contributed by atoms with van der Waals surface area (Å²) in [5.41, 5.74) is 2.01. The molecule has 0 saturated heterocycles. The summed E-state index contributed by atoms with van der Waals surface area (Å²) in [6.45, 7) is 1.74. The van der Waals surface area contributed by atoms with Crippen LogP contribution < -0.4 is 0 Å². The van der Waals surface area contributed by atoms with Crippen LogP contribution in [0.4, 0.5) is 0 Å². The summed E-state index contributed by atoms with van der Waals surface area (Å²) in [7, 11) is 1.94. The Kier molecular flexibility index (Phi) is 2.16. The molecule has 3 rings (SSSR count). The summed E-state index contributed by atoms with van der Waals surface area (Å²) in [5, 5.41) is 12.0. The van der Waals surface area contributed by atoms with E-state index in [0.29, 0.717) is 5.82 Å². The molecule has 0 saturated carbocycles. The highest BCUT2D eigenvalue weighted by atomic mass is 16.3. The molecule has 0 bridgehead atoms. The van der Waals surface area contributed by atoms with E-state index in [1.165, 1.54) is 5.39 Å². The molecule has 1 heterocycles. The molecule has 17 heavy (non-hydrogen) atoms. The van der Waals surface area contributed by atoms with Crippen molar-refractivity contribution in [3.63, 3.8) is 0 Å². The minimum atomic E-state index is -0.550. The van der Waals surface area contributed by atoms with E-state index < -0.39 is 6.10 Å². The number of imidazole rings is 1. The predicted octanol–water partition coefficient (Wildman–Crippen LogP) is 2.78. The number of nitrogens with zero attached hydrogens (tertiary/aromatic N) is 2. The second kappa shape index (κ2) is 3.57. The van der Waals surface area contributed by atoms with Crippen LogP contribution in [0.5, 0.6) is 0 Å². The van der Waals surface area contributed by atoms with E-state index in [2.05, 4.69) is 29.2 Å². The predicted molar refractivity (Wildman–Crippen MR) is 68.9 cm³/mol. The van der Waals surface area contributed by atoms with Gasteiger partial charge in [-0.15, -0.1) is 0 Å². The topological polar surface area (TPSA) is 38.1 Å². The number of hydrogen-bond acceptors (Lipinski definition) is 2. The van der Waals surface area contributed by atoms with Crippen molar-refractivity contribution in [2.45, 2.75) is 13.0 Å². The molecule has 3 aromatic rings. The van der Waals surface area contributed by atoms with Crippen molar-refractivity contribution in [1.82, 2.24) is 9.55 Å². The highest BCUT2D eigenvalue weighted by molar-refractivity contribution is 6.04. The van der Waals surface area contributed by atoms with E-state index in [0.717, 1.165) is 16.4 Å². The molecule has 0 radical (unpaired) electrons. The monoisotopic (exact) mass is 226 g/mol. The van der Waals surface area contributed by atoms with Crippen molar-refractivity contribution in [3.05, 3.63) is 42.2 Å². The molecule has 0 unspecified atom stereocenters. The van der Waals surface area contributed by atoms with Gasteiger partial charge in [-0.25, -0.2) is 4.98 Å². The summed E-state index contributed by atoms with van der Waals surface area (Å²) in [6, 6.07) is 12.3. The number of benzene rings is 2. The van der Waals surface area contributed by atoms with Gasteiger partial charge in [0, 0.05) is 12.4 Å². The summed E-state index contributed by atoms with van der Waals surface area (Å²) in [6.07, 6.45) is -0.550. The fraction of sp³-hybridized carbons (Fsp3) is 0.214. The van der Waals surface area contributed by atoms with Crippen LogP contribution in [0, 0.1) is 0 Å². The number of rotatable bonds is 1. The summed E-state index contributed by atoms with van der Waals surface area (Å²) >= 11 is 0. The van der Waals surface area contributed by atoms with Crippen molar-refractivity contribution < 1.29 is 5.11 Å². The third-order valence-electron chi connectivity index (χ3n) is 3.18. The number of aliphatic hydroxyl groups excluding tert-OH is 1. The molecule has 2 aromatic carbocycles. The van der Waals surface area contributed by atoms with Crippen LogP contribution in [0.1, 0.15) is 18.9 Å². The van der Waals surface area contributed by atoms with Gasteiger partial charge in [-0.3, -0.25) is 0 Å². The SMILES string of the molecule is C[C@@H](O)c1nc2c3ccccc3ccc2n1C. The molecule has 1 N–H and O–H groups in total. The second-order valence-corrected chi connectivity index (χ2v) is 4.36. The Balaban J connectivity index is 2.47. The molecule has 0 amide bonds. The van der Waals surface area contributed by atoms with Gasteiger partial charge in [0.2, 0.25) is 0 Å². The molecule has 3 heteroatoms. The maximum Gasteiger partial charge on any atom is 0.138 e. The number of aliphatic hydroxyl groups is 1. The van der Waals surface area contributed by atoms with E-state index in [4.69, 9.17) is 0 Å². The summed E-state index contributed by atoms with van der Waals surface area (Å²) in [5.74, 6) is 0.705. The van der Waals surface area contributed by atoms with Crippen LogP contribution in [-0.2, 0) is 7.05 Å². The molecule has 1 aromatic heterocycles. The van der Waals surface area contributed by atoms with Crippen LogP contribution in [0.25, 0.3) is 21.8 Å². The quantitative estimate of drug-likeness (QED) is 0.693. The zero-order valence-corrected chi connectivity index (χ0v) is 9.88. The highest BCUT2D eigenvalue weighted by Crippen LogP contribution is 2.26. The Morgan fingerprint density at radius 2 is 1.94 bits per heavy atom. The normalized spacial score (nSPS) is 13.4. The van der Waals surface area contributed by atoms with Gasteiger partial charge in [-0.1, -0.05) is 30.3 Å². The minimum absolute atomic E-state index is 0.550. The van der Waals surface area contributed by atoms with Crippen molar-refractivity contribution in [2.24, 2.45) is 7.05 Å². The van der Waals surface area contributed by atoms with Gasteiger partial charge in [0.05, 0.1) is 11.0 Å². The highest BCUT2D eigenvalue weighted by Gasteiger charge is 2.13. The standard InChI is InChI=1S/C14H14N2O/c1-9(17)14-15-13-11-6-4-3-5-10(11)7-8-12(13)16(14)2/h3-9,17H,1-2H3/t9-/m1/s1. The first kappa shape index (κ1) is 10.3. The van der Waals surface area contributed by atoms with Gasteiger partial charge in [0.15, 0.2) is 0 Å². The van der Waals surface area contributed by atoms with E-state index >= 15 is 0 Å². The molecular weight excluding hydrogens is 212 g/mol. The first-order chi connectivity index (χ1) is 8.18. The van der Waals surface area contributed by atoms with E-state index in [1.54, 1.807) is 6.92 Å². The maximum absolute atomic E-state index is 9.69. The zero-order valence-electron chi connectivity index (χ0n) is 9.88. The van der Waals surface area contributed by atoms with Gasteiger partial charge in [-0.2, -0.15) is 0 Å². The molecule has 0 aliphatic heterocycles. The lowest BCUT2D eigenvalue weighted by Crippen LogP contribution is -2.01. The molecule has 3 nitrogen and oxygen atoms in total. The Morgan fingerprint density at radius 1 is 1.18 bits per heavy atom. The van der Waals surface area contributed by atoms with Crippen molar-refractivity contribution in [3.8, 4) is 0 Å². The average molecular weight is 226 g/mol. The molecule has 0 aliphatic carbocycles. The first-order valence-electron chi connectivity index (χ1n) is 5.70. The van der Waals surface area contributed by atoms with E-state index in [-0.39, 0.29) is 0 Å². The van der Waals surface area contributed by atoms with Crippen LogP contribution in [0.2, 0.25) is 0 Å². The van der Waals surface area contributed by atoms with Gasteiger partial charge >= 0.3 is 0 Å². The Labute approximate surface area is 99.3 Å². The van der Waals surface area contributed by atoms with Crippen LogP contribution in [0.3, 0.4) is 0 Å². The Bertz CT molecular complexity index is 698. The van der Waals surface area contributed by atoms with Crippen molar-refractivity contribution in [2.75, 3.05) is 0 Å². The molecule has 0 spiro atoms. The lowest BCUT2D eigenvalue weighted by atomic mass is 10.1. The van der Waals surface area contributed by atoms with Gasteiger partial charge in [0.25, 0.3) is 0 Å². The van der Waals surface area contributed by atoms with Crippen molar-refractivity contribution in [1.29, 1.82) is 0 Å². The van der Waals surface area contributed by atoms with Crippen LogP contribution >= 0.6 is 0 Å². The largest absolute Gasteiger partial charge is 0.385 e.